The Kier molecular flexibility index (Phi) is 2.43. The molecular weight excluding hydrogens is 239 g/mol. The van der Waals surface area contributed by atoms with Crippen LogP contribution in [0.15, 0.2) is 33.6 Å². The Morgan fingerprint density at radius 3 is 2.80 bits per heavy atom. The van der Waals surface area contributed by atoms with Crippen molar-refractivity contribution in [3.63, 3.8) is 0 Å². The van der Waals surface area contributed by atoms with E-state index in [1.54, 1.807) is 0 Å². The number of halogens is 1. The van der Waals surface area contributed by atoms with Gasteiger partial charge in [-0.25, -0.2) is 0 Å². The van der Waals surface area contributed by atoms with Gasteiger partial charge in [0.25, 0.3) is 0 Å². The Bertz CT molecular complexity index is 246. The largest absolute Gasteiger partial charge is 0.507 e. The second-order valence-corrected chi connectivity index (χ2v) is 4.17. The maximum absolute atomic E-state index is 9.28. The lowest BCUT2D eigenvalue weighted by Gasteiger charge is -2.05. The number of aliphatic hydroxyl groups excluding tert-OH is 1. The van der Waals surface area contributed by atoms with E-state index in [4.69, 9.17) is 0 Å². The molecule has 1 rings (SSSR count). The van der Waals surface area contributed by atoms with Crippen molar-refractivity contribution < 1.29 is 5.11 Å². The standard InChI is InChI=1S/C8H9IO/c1-6(2)7-3-4-9-5-8(7)10/h3-5,10H,1H2,2H3. The molecule has 0 bridgehead atoms. The van der Waals surface area contributed by atoms with E-state index in [2.05, 4.69) is 10.6 Å². The number of hydrogen-bond donors (Lipinski definition) is 1. The summed E-state index contributed by atoms with van der Waals surface area (Å²) in [7, 11) is 0. The van der Waals surface area contributed by atoms with E-state index >= 15 is 0 Å². The molecule has 0 saturated carbocycles. The highest BCUT2D eigenvalue weighted by Crippen LogP contribution is 2.21. The molecule has 0 aromatic heterocycles. The molecule has 0 aromatic carbocycles. The van der Waals surface area contributed by atoms with Crippen molar-refractivity contribution in [2.75, 3.05) is 0 Å². The van der Waals surface area contributed by atoms with E-state index in [9.17, 15) is 5.11 Å². The lowest BCUT2D eigenvalue weighted by molar-refractivity contribution is 0.427. The van der Waals surface area contributed by atoms with Crippen LogP contribution in [0.5, 0.6) is 0 Å². The van der Waals surface area contributed by atoms with Crippen LogP contribution in [0.25, 0.3) is 0 Å². The van der Waals surface area contributed by atoms with Gasteiger partial charge in [-0.3, -0.25) is 0 Å². The quantitative estimate of drug-likeness (QED) is 0.707. The van der Waals surface area contributed by atoms with Crippen molar-refractivity contribution in [3.8, 4) is 0 Å². The monoisotopic (exact) mass is 248 g/mol. The van der Waals surface area contributed by atoms with Gasteiger partial charge in [-0.15, -0.1) is 0 Å². The minimum atomic E-state index is -0.0328. The van der Waals surface area contributed by atoms with E-state index < -0.39 is 0 Å². The van der Waals surface area contributed by atoms with Gasteiger partial charge in [0.05, 0.1) is 0 Å². The minimum Gasteiger partial charge on any atom is -0.507 e. The summed E-state index contributed by atoms with van der Waals surface area (Å²) in [5, 5.41) is 9.28. The second kappa shape index (κ2) is 3.14. The summed E-state index contributed by atoms with van der Waals surface area (Å²) in [5.41, 5.74) is 1.81. The molecule has 2 heteroatoms. The first-order valence-corrected chi connectivity index (χ1v) is 5.42. The zero-order chi connectivity index (χ0) is 7.56. The van der Waals surface area contributed by atoms with Crippen molar-refractivity contribution in [2.45, 2.75) is 6.92 Å². The summed E-state index contributed by atoms with van der Waals surface area (Å²) in [5.74, 6) is 0.405. The predicted molar refractivity (Wildman–Crippen MR) is 53.7 cm³/mol. The van der Waals surface area contributed by atoms with E-state index in [-0.39, 0.29) is 20.7 Å². The van der Waals surface area contributed by atoms with E-state index in [1.165, 1.54) is 0 Å². The van der Waals surface area contributed by atoms with Crippen LogP contribution in [0.4, 0.5) is 0 Å². The number of rotatable bonds is 1. The number of allylic oxidation sites excluding steroid dienone is 2. The maximum atomic E-state index is 9.28. The zero-order valence-corrected chi connectivity index (χ0v) is 7.92. The fraction of sp³-hybridized carbons (Fsp3) is 0.125. The SMILES string of the molecule is C=C(C)C1=CC=IC=C1O. The molecule has 1 nitrogen and oxygen atoms in total. The lowest BCUT2D eigenvalue weighted by Crippen LogP contribution is -1.91. The highest BCUT2D eigenvalue weighted by molar-refractivity contribution is 14.2. The van der Waals surface area contributed by atoms with Crippen LogP contribution in [-0.4, -0.2) is 9.12 Å². The summed E-state index contributed by atoms with van der Waals surface area (Å²) < 4.78 is 4.01. The van der Waals surface area contributed by atoms with Crippen LogP contribution in [-0.2, 0) is 0 Å². The number of aliphatic hydroxyl groups is 1. The molecule has 0 fully saturated rings. The summed E-state index contributed by atoms with van der Waals surface area (Å²) in [6, 6.07) is 0. The Morgan fingerprint density at radius 1 is 1.70 bits per heavy atom. The molecule has 0 saturated heterocycles. The molecular formula is C8H9IO. The van der Waals surface area contributed by atoms with Crippen molar-refractivity contribution >= 4 is 24.7 Å². The van der Waals surface area contributed by atoms with Crippen molar-refractivity contribution in [1.29, 1.82) is 0 Å². The summed E-state index contributed by atoms with van der Waals surface area (Å²) >= 11 is -0.0328. The Labute approximate surface area is 70.5 Å². The van der Waals surface area contributed by atoms with Gasteiger partial charge in [0.2, 0.25) is 0 Å². The maximum Gasteiger partial charge on any atom is 0.128 e. The third kappa shape index (κ3) is 1.56. The lowest BCUT2D eigenvalue weighted by atomic mass is 10.1. The average Bonchev–Trinajstić information content (AvgIpc) is 1.88. The van der Waals surface area contributed by atoms with E-state index in [0.29, 0.717) is 5.76 Å². The molecule has 0 radical (unpaired) electrons. The predicted octanol–water partition coefficient (Wildman–Crippen LogP) is 2.67. The zero-order valence-electron chi connectivity index (χ0n) is 5.76. The average molecular weight is 248 g/mol. The molecule has 0 spiro atoms. The Morgan fingerprint density at radius 2 is 2.40 bits per heavy atom. The summed E-state index contributed by atoms with van der Waals surface area (Å²) in [4.78, 5) is 0. The molecule has 1 aliphatic rings. The van der Waals surface area contributed by atoms with E-state index in [1.807, 2.05) is 17.1 Å². The van der Waals surface area contributed by atoms with Gasteiger partial charge in [0.1, 0.15) is 5.76 Å². The second-order valence-electron chi connectivity index (χ2n) is 2.11. The molecule has 0 atom stereocenters. The smallest absolute Gasteiger partial charge is 0.128 e. The molecule has 0 aliphatic carbocycles. The van der Waals surface area contributed by atoms with Gasteiger partial charge in [-0.05, 0) is 22.6 Å². The van der Waals surface area contributed by atoms with Crippen molar-refractivity contribution in [2.24, 2.45) is 0 Å². The van der Waals surface area contributed by atoms with Crippen LogP contribution < -0.4 is 0 Å². The van der Waals surface area contributed by atoms with Crippen LogP contribution in [0, 0.1) is 0 Å². The van der Waals surface area contributed by atoms with Gasteiger partial charge in [0, 0.05) is 9.66 Å². The molecule has 54 valence electrons. The number of hydrogen-bond acceptors (Lipinski definition) is 1. The van der Waals surface area contributed by atoms with E-state index in [0.717, 1.165) is 11.1 Å². The summed E-state index contributed by atoms with van der Waals surface area (Å²) in [6.07, 6.45) is 1.95. The van der Waals surface area contributed by atoms with Gasteiger partial charge in [-0.1, -0.05) is 27.3 Å². The van der Waals surface area contributed by atoms with Crippen molar-refractivity contribution in [1.82, 2.24) is 0 Å². The Hall–Kier alpha value is -0.380. The molecule has 1 N–H and O–H groups in total. The highest BCUT2D eigenvalue weighted by Gasteiger charge is 2.03. The first kappa shape index (κ1) is 7.72. The summed E-state index contributed by atoms with van der Waals surface area (Å²) in [6.45, 7) is 5.65. The Balaban J connectivity index is 2.98. The van der Waals surface area contributed by atoms with Crippen molar-refractivity contribution in [3.05, 3.63) is 33.6 Å². The third-order valence-electron chi connectivity index (χ3n) is 1.20. The highest BCUT2D eigenvalue weighted by atomic mass is 127. The molecule has 1 aliphatic heterocycles. The molecule has 0 aromatic rings. The van der Waals surface area contributed by atoms with Crippen LogP contribution in [0.2, 0.25) is 0 Å². The van der Waals surface area contributed by atoms with Gasteiger partial charge < -0.3 is 5.11 Å². The molecule has 1 heterocycles. The topological polar surface area (TPSA) is 20.2 Å². The molecule has 10 heavy (non-hydrogen) atoms. The first-order chi connectivity index (χ1) is 4.72. The minimum absolute atomic E-state index is 0.0328. The first-order valence-electron chi connectivity index (χ1n) is 2.92. The van der Waals surface area contributed by atoms with Crippen LogP contribution in [0.1, 0.15) is 6.92 Å². The van der Waals surface area contributed by atoms with Gasteiger partial charge in [0.15, 0.2) is 0 Å². The third-order valence-corrected chi connectivity index (χ3v) is 2.93. The fourth-order valence-corrected chi connectivity index (χ4v) is 2.15. The fourth-order valence-electron chi connectivity index (χ4n) is 0.700. The van der Waals surface area contributed by atoms with Crippen LogP contribution >= 0.6 is 20.7 Å². The molecule has 0 amide bonds. The van der Waals surface area contributed by atoms with Crippen LogP contribution in [0.3, 0.4) is 0 Å². The van der Waals surface area contributed by atoms with Gasteiger partial charge >= 0.3 is 0 Å². The normalized spacial score (nSPS) is 16.9. The molecule has 0 unspecified atom stereocenters. The van der Waals surface area contributed by atoms with Gasteiger partial charge in [-0.2, -0.15) is 0 Å².